The molecule has 3 nitrogen and oxygen atoms in total. The molecule has 0 fully saturated rings. The summed E-state index contributed by atoms with van der Waals surface area (Å²) in [6.45, 7) is 0.326. The van der Waals surface area contributed by atoms with Gasteiger partial charge >= 0.3 is 0 Å². The molecule has 3 aromatic carbocycles. The lowest BCUT2D eigenvalue weighted by atomic mass is 10.1. The van der Waals surface area contributed by atoms with E-state index in [1.807, 2.05) is 54.6 Å². The standard InChI is InChI=1S/C19H13BrO3S/c20-14-9-10-15-16-7-4-8-17(19(16)24(21,22)18(15)11-14)23-12-13-5-2-1-3-6-13/h1-11H,12H2. The van der Waals surface area contributed by atoms with Gasteiger partial charge in [-0.3, -0.25) is 0 Å². The smallest absolute Gasteiger partial charge is 0.211 e. The summed E-state index contributed by atoms with van der Waals surface area (Å²) in [5.74, 6) is 0.392. The predicted octanol–water partition coefficient (Wildman–Crippen LogP) is 4.84. The molecule has 24 heavy (non-hydrogen) atoms. The van der Waals surface area contributed by atoms with E-state index in [1.165, 1.54) is 0 Å². The molecule has 0 bridgehead atoms. The van der Waals surface area contributed by atoms with Crippen molar-refractivity contribution in [1.82, 2.24) is 0 Å². The first-order chi connectivity index (χ1) is 11.6. The number of hydrogen-bond acceptors (Lipinski definition) is 3. The van der Waals surface area contributed by atoms with Gasteiger partial charge in [0.05, 0.1) is 4.90 Å². The molecule has 4 rings (SSSR count). The summed E-state index contributed by atoms with van der Waals surface area (Å²) in [5.41, 5.74) is 2.41. The molecule has 0 radical (unpaired) electrons. The molecule has 1 aliphatic rings. The third kappa shape index (κ3) is 2.44. The number of fused-ring (bicyclic) bond motifs is 3. The molecular formula is C19H13BrO3S. The van der Waals surface area contributed by atoms with Crippen molar-refractivity contribution in [2.45, 2.75) is 16.4 Å². The topological polar surface area (TPSA) is 43.4 Å². The number of rotatable bonds is 3. The van der Waals surface area contributed by atoms with Crippen LogP contribution in [0.5, 0.6) is 5.75 Å². The van der Waals surface area contributed by atoms with E-state index >= 15 is 0 Å². The Morgan fingerprint density at radius 3 is 2.46 bits per heavy atom. The fourth-order valence-electron chi connectivity index (χ4n) is 2.91. The maximum absolute atomic E-state index is 13.0. The molecule has 0 aliphatic carbocycles. The van der Waals surface area contributed by atoms with Gasteiger partial charge in [0.15, 0.2) is 0 Å². The van der Waals surface area contributed by atoms with Crippen LogP contribution in [0, 0.1) is 0 Å². The number of sulfone groups is 1. The Bertz CT molecular complexity index is 1030. The van der Waals surface area contributed by atoms with Crippen molar-refractivity contribution in [3.8, 4) is 16.9 Å². The van der Waals surface area contributed by atoms with E-state index in [9.17, 15) is 8.42 Å². The Balaban J connectivity index is 1.79. The van der Waals surface area contributed by atoms with Crippen LogP contribution in [0.1, 0.15) is 5.56 Å². The number of hydrogen-bond donors (Lipinski definition) is 0. The normalized spacial score (nSPS) is 14.0. The van der Waals surface area contributed by atoms with Crippen LogP contribution < -0.4 is 4.74 Å². The number of ether oxygens (including phenoxy) is 1. The van der Waals surface area contributed by atoms with Crippen molar-refractivity contribution in [3.63, 3.8) is 0 Å². The van der Waals surface area contributed by atoms with Crippen LogP contribution in [-0.4, -0.2) is 8.42 Å². The van der Waals surface area contributed by atoms with Gasteiger partial charge in [0.1, 0.15) is 17.3 Å². The SMILES string of the molecule is O=S1(=O)c2cc(Br)ccc2-c2cccc(OCc3ccccc3)c21. The van der Waals surface area contributed by atoms with Gasteiger partial charge in [-0.15, -0.1) is 0 Å². The first-order valence-electron chi connectivity index (χ1n) is 7.42. The molecule has 0 aromatic heterocycles. The third-order valence-corrected chi connectivity index (χ3v) is 6.38. The Hall–Kier alpha value is -2.11. The molecule has 0 spiro atoms. The first kappa shape index (κ1) is 15.4. The Labute approximate surface area is 149 Å². The molecule has 0 N–H and O–H groups in total. The molecule has 0 atom stereocenters. The highest BCUT2D eigenvalue weighted by Crippen LogP contribution is 2.48. The zero-order chi connectivity index (χ0) is 16.7. The molecule has 5 heteroatoms. The summed E-state index contributed by atoms with van der Waals surface area (Å²) in [6.07, 6.45) is 0. The lowest BCUT2D eigenvalue weighted by Gasteiger charge is -2.10. The van der Waals surface area contributed by atoms with Crippen LogP contribution in [0.25, 0.3) is 11.1 Å². The second-order valence-electron chi connectivity index (χ2n) is 5.55. The molecule has 3 aromatic rings. The summed E-state index contributed by atoms with van der Waals surface area (Å²) in [4.78, 5) is 0.580. The Kier molecular flexibility index (Phi) is 3.70. The molecule has 120 valence electrons. The highest BCUT2D eigenvalue weighted by atomic mass is 79.9. The number of halogens is 1. The van der Waals surface area contributed by atoms with Crippen molar-refractivity contribution in [1.29, 1.82) is 0 Å². The van der Waals surface area contributed by atoms with Gasteiger partial charge < -0.3 is 4.74 Å². The lowest BCUT2D eigenvalue weighted by molar-refractivity contribution is 0.298. The summed E-state index contributed by atoms with van der Waals surface area (Å²) < 4.78 is 32.5. The minimum Gasteiger partial charge on any atom is -0.488 e. The van der Waals surface area contributed by atoms with Crippen LogP contribution in [-0.2, 0) is 16.4 Å². The Morgan fingerprint density at radius 1 is 0.875 bits per heavy atom. The van der Waals surface area contributed by atoms with E-state index in [0.29, 0.717) is 22.8 Å². The van der Waals surface area contributed by atoms with Crippen molar-refractivity contribution in [3.05, 3.63) is 76.8 Å². The maximum atomic E-state index is 13.0. The zero-order valence-electron chi connectivity index (χ0n) is 12.6. The maximum Gasteiger partial charge on any atom is 0.211 e. The van der Waals surface area contributed by atoms with Crippen molar-refractivity contribution >= 4 is 25.8 Å². The summed E-state index contributed by atoms with van der Waals surface area (Å²) in [6, 6.07) is 20.4. The minimum absolute atomic E-state index is 0.258. The van der Waals surface area contributed by atoms with Gasteiger partial charge in [-0.2, -0.15) is 0 Å². The Morgan fingerprint density at radius 2 is 1.67 bits per heavy atom. The van der Waals surface area contributed by atoms with Crippen LogP contribution in [0.4, 0.5) is 0 Å². The van der Waals surface area contributed by atoms with Gasteiger partial charge in [-0.25, -0.2) is 8.42 Å². The van der Waals surface area contributed by atoms with Gasteiger partial charge in [0, 0.05) is 15.6 Å². The van der Waals surface area contributed by atoms with Crippen molar-refractivity contribution in [2.75, 3.05) is 0 Å². The molecule has 0 amide bonds. The number of benzene rings is 3. The third-order valence-electron chi connectivity index (χ3n) is 4.01. The van der Waals surface area contributed by atoms with Gasteiger partial charge in [-0.05, 0) is 23.8 Å². The highest BCUT2D eigenvalue weighted by Gasteiger charge is 2.36. The van der Waals surface area contributed by atoms with E-state index in [2.05, 4.69) is 15.9 Å². The van der Waals surface area contributed by atoms with E-state index in [1.54, 1.807) is 12.1 Å². The van der Waals surface area contributed by atoms with E-state index in [0.717, 1.165) is 15.6 Å². The zero-order valence-corrected chi connectivity index (χ0v) is 15.0. The summed E-state index contributed by atoms with van der Waals surface area (Å²) in [7, 11) is -3.58. The van der Waals surface area contributed by atoms with Gasteiger partial charge in [0.25, 0.3) is 0 Å². The van der Waals surface area contributed by atoms with E-state index in [-0.39, 0.29) is 4.90 Å². The van der Waals surface area contributed by atoms with Crippen molar-refractivity contribution in [2.24, 2.45) is 0 Å². The summed E-state index contributed by atoms with van der Waals surface area (Å²) in [5, 5.41) is 0. The monoisotopic (exact) mass is 400 g/mol. The van der Waals surface area contributed by atoms with Crippen LogP contribution >= 0.6 is 15.9 Å². The van der Waals surface area contributed by atoms with Crippen molar-refractivity contribution < 1.29 is 13.2 Å². The first-order valence-corrected chi connectivity index (χ1v) is 9.70. The van der Waals surface area contributed by atoms with E-state index < -0.39 is 9.84 Å². The lowest BCUT2D eigenvalue weighted by Crippen LogP contribution is -2.02. The molecule has 1 heterocycles. The van der Waals surface area contributed by atoms with Crippen LogP contribution in [0.2, 0.25) is 0 Å². The van der Waals surface area contributed by atoms with Gasteiger partial charge in [0.2, 0.25) is 9.84 Å². The van der Waals surface area contributed by atoms with Crippen LogP contribution in [0.15, 0.2) is 81.0 Å². The second-order valence-corrected chi connectivity index (χ2v) is 8.32. The molecular weight excluding hydrogens is 388 g/mol. The molecule has 1 aliphatic heterocycles. The fraction of sp³-hybridized carbons (Fsp3) is 0.0526. The average molecular weight is 401 g/mol. The minimum atomic E-state index is -3.58. The highest BCUT2D eigenvalue weighted by molar-refractivity contribution is 9.10. The van der Waals surface area contributed by atoms with Gasteiger partial charge in [-0.1, -0.05) is 64.5 Å². The average Bonchev–Trinajstić information content (AvgIpc) is 2.82. The predicted molar refractivity (Wildman–Crippen MR) is 95.8 cm³/mol. The van der Waals surface area contributed by atoms with Crippen LogP contribution in [0.3, 0.4) is 0 Å². The fourth-order valence-corrected chi connectivity index (χ4v) is 5.25. The quantitative estimate of drug-likeness (QED) is 0.493. The van der Waals surface area contributed by atoms with E-state index in [4.69, 9.17) is 4.74 Å². The second kappa shape index (κ2) is 5.76. The largest absolute Gasteiger partial charge is 0.488 e. The molecule has 0 saturated carbocycles. The summed E-state index contributed by atoms with van der Waals surface area (Å²) >= 11 is 3.35. The molecule has 0 unspecified atom stereocenters. The molecule has 0 saturated heterocycles.